The van der Waals surface area contributed by atoms with Gasteiger partial charge in [-0.1, -0.05) is 13.8 Å². The number of piperidine rings is 1. The average Bonchev–Trinajstić information content (AvgIpc) is 2.36. The number of rotatable bonds is 7. The lowest BCUT2D eigenvalue weighted by atomic mass is 9.90. The van der Waals surface area contributed by atoms with Crippen molar-refractivity contribution in [3.8, 4) is 0 Å². The van der Waals surface area contributed by atoms with Crippen LogP contribution in [0.15, 0.2) is 0 Å². The number of likely N-dealkylation sites (tertiary alicyclic amines) is 1. The summed E-state index contributed by atoms with van der Waals surface area (Å²) in [7, 11) is 2.23. The van der Waals surface area contributed by atoms with Crippen LogP contribution in [-0.4, -0.2) is 61.7 Å². The number of hydrogen-bond donors (Lipinski definition) is 1. The molecule has 0 bridgehead atoms. The van der Waals surface area contributed by atoms with Gasteiger partial charge in [-0.3, -0.25) is 0 Å². The van der Waals surface area contributed by atoms with Crippen molar-refractivity contribution in [2.24, 2.45) is 5.92 Å². The Balaban J connectivity index is 2.28. The highest BCUT2D eigenvalue weighted by atomic mass is 15.1. The molecule has 1 aliphatic heterocycles. The molecule has 1 fully saturated rings. The van der Waals surface area contributed by atoms with Crippen molar-refractivity contribution in [2.75, 3.05) is 39.8 Å². The topological polar surface area (TPSA) is 18.5 Å². The lowest BCUT2D eigenvalue weighted by molar-refractivity contribution is 0.177. The van der Waals surface area contributed by atoms with E-state index in [1.807, 2.05) is 0 Å². The molecule has 0 radical (unpaired) electrons. The largest absolute Gasteiger partial charge is 0.310 e. The van der Waals surface area contributed by atoms with Gasteiger partial charge in [-0.25, -0.2) is 0 Å². The minimum atomic E-state index is 0.597. The van der Waals surface area contributed by atoms with Gasteiger partial charge in [0.15, 0.2) is 0 Å². The van der Waals surface area contributed by atoms with E-state index in [0.717, 1.165) is 19.0 Å². The van der Waals surface area contributed by atoms with Gasteiger partial charge >= 0.3 is 0 Å². The van der Waals surface area contributed by atoms with E-state index in [2.05, 4.69) is 49.9 Å². The SMILES string of the molecule is CCN(CC)CC(C)NC(C)C1CCN(C)CC1. The summed E-state index contributed by atoms with van der Waals surface area (Å²) in [5.74, 6) is 0.861. The van der Waals surface area contributed by atoms with E-state index in [1.54, 1.807) is 0 Å². The van der Waals surface area contributed by atoms with Gasteiger partial charge in [0.25, 0.3) is 0 Å². The van der Waals surface area contributed by atoms with E-state index in [-0.39, 0.29) is 0 Å². The van der Waals surface area contributed by atoms with Crippen molar-refractivity contribution in [3.63, 3.8) is 0 Å². The molecule has 0 aliphatic carbocycles. The van der Waals surface area contributed by atoms with Gasteiger partial charge in [-0.05, 0) is 65.8 Å². The first-order valence-electron chi connectivity index (χ1n) is 7.73. The molecular formula is C15H33N3. The van der Waals surface area contributed by atoms with Gasteiger partial charge < -0.3 is 15.1 Å². The zero-order chi connectivity index (χ0) is 13.5. The Morgan fingerprint density at radius 1 is 1.17 bits per heavy atom. The molecule has 1 saturated heterocycles. The Kier molecular flexibility index (Phi) is 7.20. The molecule has 0 saturated carbocycles. The lowest BCUT2D eigenvalue weighted by Gasteiger charge is -2.35. The molecule has 1 N–H and O–H groups in total. The summed E-state index contributed by atoms with van der Waals surface area (Å²) in [6.45, 7) is 15.2. The van der Waals surface area contributed by atoms with E-state index < -0.39 is 0 Å². The third-order valence-electron chi connectivity index (χ3n) is 4.44. The standard InChI is InChI=1S/C15H33N3/c1-6-18(7-2)12-13(3)16-14(4)15-8-10-17(5)11-9-15/h13-16H,6-12H2,1-5H3. The quantitative estimate of drug-likeness (QED) is 0.751. The molecule has 0 aromatic carbocycles. The summed E-state index contributed by atoms with van der Waals surface area (Å²) in [5.41, 5.74) is 0. The van der Waals surface area contributed by atoms with Crippen LogP contribution >= 0.6 is 0 Å². The van der Waals surface area contributed by atoms with E-state index in [4.69, 9.17) is 0 Å². The first-order chi connectivity index (χ1) is 8.56. The molecule has 108 valence electrons. The number of nitrogens with zero attached hydrogens (tertiary/aromatic N) is 2. The summed E-state index contributed by atoms with van der Waals surface area (Å²) in [5, 5.41) is 3.80. The monoisotopic (exact) mass is 255 g/mol. The van der Waals surface area contributed by atoms with Gasteiger partial charge in [0, 0.05) is 18.6 Å². The van der Waals surface area contributed by atoms with Crippen LogP contribution in [0, 0.1) is 5.92 Å². The van der Waals surface area contributed by atoms with Crippen molar-refractivity contribution in [3.05, 3.63) is 0 Å². The summed E-state index contributed by atoms with van der Waals surface area (Å²) >= 11 is 0. The molecule has 3 nitrogen and oxygen atoms in total. The first-order valence-corrected chi connectivity index (χ1v) is 7.73. The highest BCUT2D eigenvalue weighted by molar-refractivity contribution is 4.81. The van der Waals surface area contributed by atoms with E-state index in [1.165, 1.54) is 32.5 Å². The van der Waals surface area contributed by atoms with Gasteiger partial charge in [-0.2, -0.15) is 0 Å². The van der Waals surface area contributed by atoms with Crippen molar-refractivity contribution >= 4 is 0 Å². The second-order valence-electron chi connectivity index (χ2n) is 5.98. The summed E-state index contributed by atoms with van der Waals surface area (Å²) in [6, 6.07) is 1.25. The van der Waals surface area contributed by atoms with E-state index >= 15 is 0 Å². The second-order valence-corrected chi connectivity index (χ2v) is 5.98. The highest BCUT2D eigenvalue weighted by Gasteiger charge is 2.23. The molecule has 1 heterocycles. The maximum atomic E-state index is 3.80. The predicted molar refractivity (Wildman–Crippen MR) is 80.1 cm³/mol. The molecule has 3 heteroatoms. The Morgan fingerprint density at radius 3 is 2.22 bits per heavy atom. The van der Waals surface area contributed by atoms with Crippen LogP contribution in [0.3, 0.4) is 0 Å². The molecular weight excluding hydrogens is 222 g/mol. The fourth-order valence-corrected chi connectivity index (χ4v) is 3.04. The van der Waals surface area contributed by atoms with Crippen LogP contribution in [0.4, 0.5) is 0 Å². The second kappa shape index (κ2) is 8.13. The van der Waals surface area contributed by atoms with Crippen LogP contribution in [0.5, 0.6) is 0 Å². The molecule has 0 spiro atoms. The normalized spacial score (nSPS) is 22.3. The minimum Gasteiger partial charge on any atom is -0.310 e. The van der Waals surface area contributed by atoms with E-state index in [9.17, 15) is 0 Å². The molecule has 0 aromatic heterocycles. The fourth-order valence-electron chi connectivity index (χ4n) is 3.04. The van der Waals surface area contributed by atoms with Crippen LogP contribution in [0.1, 0.15) is 40.5 Å². The average molecular weight is 255 g/mol. The zero-order valence-electron chi connectivity index (χ0n) is 13.1. The predicted octanol–water partition coefficient (Wildman–Crippen LogP) is 2.04. The highest BCUT2D eigenvalue weighted by Crippen LogP contribution is 2.19. The van der Waals surface area contributed by atoms with E-state index in [0.29, 0.717) is 12.1 Å². The fraction of sp³-hybridized carbons (Fsp3) is 1.00. The summed E-state index contributed by atoms with van der Waals surface area (Å²) < 4.78 is 0. The smallest absolute Gasteiger partial charge is 0.0169 e. The van der Waals surface area contributed by atoms with Crippen LogP contribution < -0.4 is 5.32 Å². The lowest BCUT2D eigenvalue weighted by Crippen LogP contribution is -2.47. The molecule has 2 unspecified atom stereocenters. The van der Waals surface area contributed by atoms with Crippen LogP contribution in [0.25, 0.3) is 0 Å². The van der Waals surface area contributed by atoms with Gasteiger partial charge in [0.05, 0.1) is 0 Å². The maximum absolute atomic E-state index is 3.80. The summed E-state index contributed by atoms with van der Waals surface area (Å²) in [6.07, 6.45) is 2.70. The minimum absolute atomic E-state index is 0.597. The number of hydrogen-bond acceptors (Lipinski definition) is 3. The van der Waals surface area contributed by atoms with Crippen molar-refractivity contribution in [1.82, 2.24) is 15.1 Å². The first kappa shape index (κ1) is 15.9. The van der Waals surface area contributed by atoms with Crippen LogP contribution in [0.2, 0.25) is 0 Å². The molecule has 2 atom stereocenters. The molecule has 18 heavy (non-hydrogen) atoms. The number of nitrogens with one attached hydrogen (secondary N) is 1. The Morgan fingerprint density at radius 2 is 1.72 bits per heavy atom. The number of likely N-dealkylation sites (N-methyl/N-ethyl adjacent to an activating group) is 1. The van der Waals surface area contributed by atoms with Gasteiger partial charge in [0.1, 0.15) is 0 Å². The van der Waals surface area contributed by atoms with Crippen LogP contribution in [-0.2, 0) is 0 Å². The molecule has 0 amide bonds. The Labute approximate surface area is 114 Å². The van der Waals surface area contributed by atoms with Gasteiger partial charge in [0.2, 0.25) is 0 Å². The van der Waals surface area contributed by atoms with Crippen molar-refractivity contribution < 1.29 is 0 Å². The molecule has 1 rings (SSSR count). The Bertz CT molecular complexity index is 208. The molecule has 0 aromatic rings. The maximum Gasteiger partial charge on any atom is 0.0169 e. The molecule has 1 aliphatic rings. The third-order valence-corrected chi connectivity index (χ3v) is 4.44. The summed E-state index contributed by atoms with van der Waals surface area (Å²) in [4.78, 5) is 4.95. The Hall–Kier alpha value is -0.120. The van der Waals surface area contributed by atoms with Crippen molar-refractivity contribution in [1.29, 1.82) is 0 Å². The van der Waals surface area contributed by atoms with Gasteiger partial charge in [-0.15, -0.1) is 0 Å². The van der Waals surface area contributed by atoms with Crippen molar-refractivity contribution in [2.45, 2.75) is 52.6 Å². The third kappa shape index (κ3) is 5.25. The zero-order valence-corrected chi connectivity index (χ0v) is 13.1.